The van der Waals surface area contributed by atoms with Crippen molar-refractivity contribution >= 4 is 26.0 Å². The third-order valence-electron chi connectivity index (χ3n) is 1.56. The van der Waals surface area contributed by atoms with Gasteiger partial charge in [-0.25, -0.2) is 12.7 Å². The normalized spacial score (nSPS) is 29.2. The smallest absolute Gasteiger partial charge is 0.211 e. The van der Waals surface area contributed by atoms with Crippen molar-refractivity contribution in [2.75, 3.05) is 19.3 Å². The highest BCUT2D eigenvalue weighted by atomic mass is 79.9. The van der Waals surface area contributed by atoms with Crippen LogP contribution in [0, 0.1) is 0 Å². The van der Waals surface area contributed by atoms with Gasteiger partial charge < -0.3 is 0 Å². The molecular weight excluding hydrogens is 218 g/mol. The van der Waals surface area contributed by atoms with E-state index in [1.54, 1.807) is 0 Å². The molecule has 1 atom stereocenters. The molecule has 0 aliphatic carbocycles. The van der Waals surface area contributed by atoms with Gasteiger partial charge >= 0.3 is 0 Å². The standard InChI is InChI=1S/C5H10BrNO2S/c1-10(8,9)7-3-2-5(6)4-7/h5H,2-4H2,1H3/t5-/m0/s1. The van der Waals surface area contributed by atoms with E-state index in [9.17, 15) is 8.42 Å². The van der Waals surface area contributed by atoms with Gasteiger partial charge in [0.15, 0.2) is 0 Å². The third kappa shape index (κ3) is 1.93. The summed E-state index contributed by atoms with van der Waals surface area (Å²) in [6, 6.07) is 0. The molecule has 0 spiro atoms. The minimum absolute atomic E-state index is 0.349. The van der Waals surface area contributed by atoms with Crippen LogP contribution in [0.2, 0.25) is 0 Å². The van der Waals surface area contributed by atoms with Gasteiger partial charge in [0.25, 0.3) is 0 Å². The Balaban J connectivity index is 2.62. The number of halogens is 1. The fraction of sp³-hybridized carbons (Fsp3) is 1.00. The number of hydrogen-bond acceptors (Lipinski definition) is 2. The summed E-state index contributed by atoms with van der Waals surface area (Å²) < 4.78 is 23.3. The van der Waals surface area contributed by atoms with E-state index in [2.05, 4.69) is 15.9 Å². The predicted octanol–water partition coefficient (Wildman–Crippen LogP) is 0.415. The first-order chi connectivity index (χ1) is 4.50. The molecule has 1 aliphatic rings. The summed E-state index contributed by atoms with van der Waals surface area (Å²) in [5, 5.41) is 0. The molecule has 1 aliphatic heterocycles. The lowest BCUT2D eigenvalue weighted by Crippen LogP contribution is -2.27. The summed E-state index contributed by atoms with van der Waals surface area (Å²) in [4.78, 5) is 0.349. The van der Waals surface area contributed by atoms with E-state index >= 15 is 0 Å². The predicted molar refractivity (Wildman–Crippen MR) is 43.7 cm³/mol. The fourth-order valence-electron chi connectivity index (χ4n) is 0.989. The largest absolute Gasteiger partial charge is 0.213 e. The van der Waals surface area contributed by atoms with Gasteiger partial charge in [0.05, 0.1) is 6.26 Å². The van der Waals surface area contributed by atoms with Crippen LogP contribution in [0.15, 0.2) is 0 Å². The molecule has 0 amide bonds. The number of alkyl halides is 1. The number of nitrogens with zero attached hydrogens (tertiary/aromatic N) is 1. The maximum absolute atomic E-state index is 10.9. The first-order valence-electron chi connectivity index (χ1n) is 3.09. The van der Waals surface area contributed by atoms with Crippen molar-refractivity contribution in [3.8, 4) is 0 Å². The summed E-state index contributed by atoms with van der Waals surface area (Å²) >= 11 is 3.36. The first kappa shape index (κ1) is 8.49. The molecule has 3 nitrogen and oxygen atoms in total. The van der Waals surface area contributed by atoms with Crippen LogP contribution in [0.3, 0.4) is 0 Å². The number of sulfonamides is 1. The molecule has 1 saturated heterocycles. The van der Waals surface area contributed by atoms with Crippen molar-refractivity contribution in [3.05, 3.63) is 0 Å². The van der Waals surface area contributed by atoms with E-state index in [0.717, 1.165) is 6.42 Å². The Kier molecular flexibility index (Phi) is 2.37. The zero-order valence-corrected chi connectivity index (χ0v) is 8.15. The molecule has 60 valence electrons. The minimum atomic E-state index is -2.93. The molecule has 1 rings (SSSR count). The summed E-state index contributed by atoms with van der Waals surface area (Å²) in [6.07, 6.45) is 2.17. The zero-order chi connectivity index (χ0) is 7.78. The molecule has 0 N–H and O–H groups in total. The number of rotatable bonds is 1. The van der Waals surface area contributed by atoms with E-state index in [0.29, 0.717) is 17.9 Å². The van der Waals surface area contributed by atoms with Crippen molar-refractivity contribution in [2.24, 2.45) is 0 Å². The lowest BCUT2D eigenvalue weighted by Gasteiger charge is -2.10. The van der Waals surface area contributed by atoms with Crippen LogP contribution >= 0.6 is 15.9 Å². The van der Waals surface area contributed by atoms with Crippen molar-refractivity contribution in [3.63, 3.8) is 0 Å². The first-order valence-corrected chi connectivity index (χ1v) is 5.86. The van der Waals surface area contributed by atoms with Gasteiger partial charge in [0.1, 0.15) is 0 Å². The quantitative estimate of drug-likeness (QED) is 0.610. The van der Waals surface area contributed by atoms with E-state index in [1.807, 2.05) is 0 Å². The second-order valence-electron chi connectivity index (χ2n) is 2.51. The highest BCUT2D eigenvalue weighted by Crippen LogP contribution is 2.18. The Morgan fingerprint density at radius 2 is 2.20 bits per heavy atom. The topological polar surface area (TPSA) is 37.4 Å². The molecule has 0 bridgehead atoms. The molecular formula is C5H10BrNO2S. The summed E-state index contributed by atoms with van der Waals surface area (Å²) in [7, 11) is -2.93. The third-order valence-corrected chi connectivity index (χ3v) is 3.58. The summed E-state index contributed by atoms with van der Waals surface area (Å²) in [5.41, 5.74) is 0. The van der Waals surface area contributed by atoms with Crippen LogP contribution in [-0.4, -0.2) is 36.9 Å². The van der Waals surface area contributed by atoms with Crippen LogP contribution in [-0.2, 0) is 10.0 Å². The van der Waals surface area contributed by atoms with Crippen LogP contribution in [0.1, 0.15) is 6.42 Å². The van der Waals surface area contributed by atoms with Crippen LogP contribution < -0.4 is 0 Å². The summed E-state index contributed by atoms with van der Waals surface area (Å²) in [6.45, 7) is 1.29. The van der Waals surface area contributed by atoms with E-state index in [1.165, 1.54) is 10.6 Å². The second-order valence-corrected chi connectivity index (χ2v) is 5.78. The van der Waals surface area contributed by atoms with Gasteiger partial charge in [-0.3, -0.25) is 0 Å². The molecule has 0 unspecified atom stereocenters. The van der Waals surface area contributed by atoms with E-state index in [-0.39, 0.29) is 0 Å². The van der Waals surface area contributed by atoms with Crippen LogP contribution in [0.25, 0.3) is 0 Å². The van der Waals surface area contributed by atoms with Crippen LogP contribution in [0.5, 0.6) is 0 Å². The van der Waals surface area contributed by atoms with Gasteiger partial charge in [0.2, 0.25) is 10.0 Å². The maximum Gasteiger partial charge on any atom is 0.211 e. The van der Waals surface area contributed by atoms with Crippen molar-refractivity contribution in [2.45, 2.75) is 11.2 Å². The van der Waals surface area contributed by atoms with Gasteiger partial charge in [-0.15, -0.1) is 0 Å². The second kappa shape index (κ2) is 2.79. The highest BCUT2D eigenvalue weighted by molar-refractivity contribution is 9.09. The molecule has 0 aromatic carbocycles. The average molecular weight is 228 g/mol. The van der Waals surface area contributed by atoms with Crippen molar-refractivity contribution < 1.29 is 8.42 Å². The monoisotopic (exact) mass is 227 g/mol. The molecule has 0 aromatic heterocycles. The SMILES string of the molecule is CS(=O)(=O)N1CC[C@H](Br)C1. The van der Waals surface area contributed by atoms with Gasteiger partial charge in [-0.05, 0) is 6.42 Å². The van der Waals surface area contributed by atoms with E-state index in [4.69, 9.17) is 0 Å². The summed E-state index contributed by atoms with van der Waals surface area (Å²) in [5.74, 6) is 0. The molecule has 1 fully saturated rings. The lowest BCUT2D eigenvalue weighted by atomic mass is 10.4. The Labute approximate surface area is 69.6 Å². The average Bonchev–Trinajstić information content (AvgIpc) is 2.11. The van der Waals surface area contributed by atoms with Gasteiger partial charge in [-0.1, -0.05) is 15.9 Å². The number of hydrogen-bond donors (Lipinski definition) is 0. The van der Waals surface area contributed by atoms with Gasteiger partial charge in [0, 0.05) is 17.9 Å². The zero-order valence-electron chi connectivity index (χ0n) is 5.75. The van der Waals surface area contributed by atoms with Gasteiger partial charge in [-0.2, -0.15) is 0 Å². The molecule has 1 heterocycles. The highest BCUT2D eigenvalue weighted by Gasteiger charge is 2.26. The molecule has 10 heavy (non-hydrogen) atoms. The Morgan fingerprint density at radius 3 is 2.40 bits per heavy atom. The molecule has 0 radical (unpaired) electrons. The van der Waals surface area contributed by atoms with Crippen LogP contribution in [0.4, 0.5) is 0 Å². The molecule has 0 saturated carbocycles. The Bertz CT molecular complexity index is 214. The molecule has 5 heteroatoms. The minimum Gasteiger partial charge on any atom is -0.213 e. The van der Waals surface area contributed by atoms with Crippen molar-refractivity contribution in [1.82, 2.24) is 4.31 Å². The molecule has 0 aromatic rings. The Hall–Kier alpha value is 0.390. The Morgan fingerprint density at radius 1 is 1.60 bits per heavy atom. The fourth-order valence-corrected chi connectivity index (χ4v) is 2.62. The maximum atomic E-state index is 10.9. The van der Waals surface area contributed by atoms with E-state index < -0.39 is 10.0 Å². The lowest BCUT2D eigenvalue weighted by molar-refractivity contribution is 0.484. The van der Waals surface area contributed by atoms with Crippen molar-refractivity contribution in [1.29, 1.82) is 0 Å².